The molecular weight excluding hydrogens is 352 g/mol. The maximum atomic E-state index is 13.2. The van der Waals surface area contributed by atoms with E-state index in [1.54, 1.807) is 13.1 Å². The van der Waals surface area contributed by atoms with Gasteiger partial charge in [0.1, 0.15) is 5.60 Å². The molecule has 1 aliphatic rings. The summed E-state index contributed by atoms with van der Waals surface area (Å²) in [5.41, 5.74) is -0.120. The molecule has 1 saturated heterocycles. The number of rotatable bonds is 4. The summed E-state index contributed by atoms with van der Waals surface area (Å²) in [6.07, 6.45) is 1.81. The van der Waals surface area contributed by atoms with Crippen molar-refractivity contribution in [3.8, 4) is 0 Å². The molecule has 5 nitrogen and oxygen atoms in total. The van der Waals surface area contributed by atoms with Gasteiger partial charge in [-0.2, -0.15) is 5.10 Å². The minimum atomic E-state index is -1.23. The fourth-order valence-electron chi connectivity index (χ4n) is 3.45. The minimum Gasteiger partial charge on any atom is -0.458 e. The Morgan fingerprint density at radius 1 is 1.11 bits per heavy atom. The topological polar surface area (TPSA) is 59.0 Å². The number of nitrogens with zero attached hydrogens (tertiary/aromatic N) is 2. The zero-order chi connectivity index (χ0) is 20.4. The second-order valence-electron chi connectivity index (χ2n) is 8.18. The van der Waals surface area contributed by atoms with E-state index in [9.17, 15) is 9.59 Å². The van der Waals surface area contributed by atoms with Crippen LogP contribution in [0.5, 0.6) is 0 Å². The van der Waals surface area contributed by atoms with Crippen LogP contribution < -0.4 is 0 Å². The Labute approximate surface area is 166 Å². The third-order valence-corrected chi connectivity index (χ3v) is 4.87. The lowest BCUT2D eigenvalue weighted by Crippen LogP contribution is -2.52. The average molecular weight is 378 g/mol. The monoisotopic (exact) mass is 378 g/mol. The van der Waals surface area contributed by atoms with E-state index in [4.69, 9.17) is 4.74 Å². The van der Waals surface area contributed by atoms with Gasteiger partial charge in [0, 0.05) is 12.3 Å². The number of amides is 1. The Hall–Kier alpha value is -2.95. The molecule has 0 radical (unpaired) electrons. The van der Waals surface area contributed by atoms with Crippen molar-refractivity contribution in [2.24, 2.45) is 5.10 Å². The smallest absolute Gasteiger partial charge is 0.335 e. The molecule has 0 saturated carbocycles. The number of esters is 1. The molecule has 0 bridgehead atoms. The fourth-order valence-corrected chi connectivity index (χ4v) is 3.45. The van der Waals surface area contributed by atoms with Gasteiger partial charge in [-0.15, -0.1) is 0 Å². The van der Waals surface area contributed by atoms with Crippen molar-refractivity contribution in [3.05, 3.63) is 71.8 Å². The predicted molar refractivity (Wildman–Crippen MR) is 109 cm³/mol. The van der Waals surface area contributed by atoms with E-state index in [1.165, 1.54) is 5.01 Å². The van der Waals surface area contributed by atoms with Crippen LogP contribution in [-0.4, -0.2) is 34.2 Å². The Morgan fingerprint density at radius 3 is 2.25 bits per heavy atom. The molecule has 0 N–H and O–H groups in total. The predicted octanol–water partition coefficient (Wildman–Crippen LogP) is 4.14. The molecule has 1 heterocycles. The van der Waals surface area contributed by atoms with Crippen molar-refractivity contribution >= 4 is 18.1 Å². The molecule has 3 rings (SSSR count). The van der Waals surface area contributed by atoms with Gasteiger partial charge >= 0.3 is 5.97 Å². The second-order valence-corrected chi connectivity index (χ2v) is 8.18. The van der Waals surface area contributed by atoms with Crippen LogP contribution in [0.1, 0.15) is 51.2 Å². The molecule has 28 heavy (non-hydrogen) atoms. The molecule has 0 spiro atoms. The lowest BCUT2D eigenvalue weighted by molar-refractivity contribution is -0.170. The zero-order valence-electron chi connectivity index (χ0n) is 16.8. The first-order chi connectivity index (χ1) is 13.2. The van der Waals surface area contributed by atoms with Gasteiger partial charge in [0.15, 0.2) is 5.54 Å². The lowest BCUT2D eigenvalue weighted by atomic mass is 9.81. The minimum absolute atomic E-state index is 0.200. The molecule has 2 aromatic carbocycles. The highest BCUT2D eigenvalue weighted by Crippen LogP contribution is 2.44. The molecule has 0 aromatic heterocycles. The molecule has 146 valence electrons. The third kappa shape index (κ3) is 3.98. The van der Waals surface area contributed by atoms with Crippen molar-refractivity contribution < 1.29 is 14.3 Å². The quantitative estimate of drug-likeness (QED) is 0.593. The first kappa shape index (κ1) is 19.8. The van der Waals surface area contributed by atoms with Gasteiger partial charge < -0.3 is 4.74 Å². The highest BCUT2D eigenvalue weighted by Gasteiger charge is 2.57. The Bertz CT molecular complexity index is 872. The molecule has 1 fully saturated rings. The summed E-state index contributed by atoms with van der Waals surface area (Å²) in [6, 6.07) is 19.1. The van der Waals surface area contributed by atoms with Crippen LogP contribution in [0.15, 0.2) is 65.8 Å². The highest BCUT2D eigenvalue weighted by atomic mass is 16.6. The van der Waals surface area contributed by atoms with Gasteiger partial charge in [-0.05, 0) is 38.8 Å². The van der Waals surface area contributed by atoms with Crippen molar-refractivity contribution in [1.29, 1.82) is 0 Å². The van der Waals surface area contributed by atoms with Crippen molar-refractivity contribution in [3.63, 3.8) is 0 Å². The lowest BCUT2D eigenvalue weighted by Gasteiger charge is -2.36. The Morgan fingerprint density at radius 2 is 1.68 bits per heavy atom. The largest absolute Gasteiger partial charge is 0.458 e. The maximum absolute atomic E-state index is 13.2. The summed E-state index contributed by atoms with van der Waals surface area (Å²) in [5.74, 6) is -0.997. The Kier molecular flexibility index (Phi) is 5.36. The van der Waals surface area contributed by atoms with Gasteiger partial charge in [-0.3, -0.25) is 4.79 Å². The molecule has 2 aromatic rings. The van der Waals surface area contributed by atoms with Crippen molar-refractivity contribution in [1.82, 2.24) is 5.01 Å². The van der Waals surface area contributed by atoms with Crippen LogP contribution in [0.2, 0.25) is 0 Å². The van der Waals surface area contributed by atoms with Crippen LogP contribution in [-0.2, 0) is 14.3 Å². The van der Waals surface area contributed by atoms with Crippen LogP contribution in [0, 0.1) is 0 Å². The number of hydrogen-bond acceptors (Lipinski definition) is 4. The maximum Gasteiger partial charge on any atom is 0.335 e. The molecule has 5 heteroatoms. The standard InChI is InChI=1S/C23H26N2O3/c1-22(2,3)28-21(27)23(4)19(18-13-9-6-10-14-18)15-20(26)25(23)24-16-17-11-7-5-8-12-17/h5-14,16,19H,15H2,1-4H3/b24-16+/t19-,23-/m0/s1. The molecule has 0 aliphatic carbocycles. The number of benzene rings is 2. The summed E-state index contributed by atoms with van der Waals surface area (Å²) >= 11 is 0. The van der Waals surface area contributed by atoms with E-state index in [0.29, 0.717) is 0 Å². The van der Waals surface area contributed by atoms with E-state index >= 15 is 0 Å². The van der Waals surface area contributed by atoms with E-state index in [-0.39, 0.29) is 18.2 Å². The number of hydrazone groups is 1. The van der Waals surface area contributed by atoms with Crippen molar-refractivity contribution in [2.75, 3.05) is 0 Å². The van der Waals surface area contributed by atoms with E-state index < -0.39 is 17.1 Å². The Balaban J connectivity index is 2.02. The van der Waals surface area contributed by atoms with Gasteiger partial charge in [0.25, 0.3) is 0 Å². The molecule has 1 amide bonds. The van der Waals surface area contributed by atoms with E-state index in [1.807, 2.05) is 81.4 Å². The van der Waals surface area contributed by atoms with Crippen LogP contribution in [0.3, 0.4) is 0 Å². The number of hydrogen-bond donors (Lipinski definition) is 0. The van der Waals surface area contributed by atoms with Gasteiger partial charge in [0.2, 0.25) is 5.91 Å². The molecule has 0 unspecified atom stereocenters. The van der Waals surface area contributed by atoms with Crippen molar-refractivity contribution in [2.45, 2.75) is 51.2 Å². The summed E-state index contributed by atoms with van der Waals surface area (Å²) in [7, 11) is 0. The average Bonchev–Trinajstić information content (AvgIpc) is 2.92. The summed E-state index contributed by atoms with van der Waals surface area (Å²) in [6.45, 7) is 7.20. The number of carbonyl (C=O) groups excluding carboxylic acids is 2. The van der Waals surface area contributed by atoms with Crippen LogP contribution in [0.25, 0.3) is 0 Å². The zero-order valence-corrected chi connectivity index (χ0v) is 16.8. The summed E-state index contributed by atoms with van der Waals surface area (Å²) in [5, 5.41) is 5.71. The molecule has 2 atom stereocenters. The first-order valence-corrected chi connectivity index (χ1v) is 9.42. The highest BCUT2D eigenvalue weighted by molar-refractivity contribution is 5.94. The summed E-state index contributed by atoms with van der Waals surface area (Å²) < 4.78 is 5.70. The van der Waals surface area contributed by atoms with Crippen LogP contribution in [0.4, 0.5) is 0 Å². The van der Waals surface area contributed by atoms with Gasteiger partial charge in [-0.1, -0.05) is 60.7 Å². The van der Waals surface area contributed by atoms with Crippen LogP contribution >= 0.6 is 0 Å². The van der Waals surface area contributed by atoms with Gasteiger partial charge in [0.05, 0.1) is 6.21 Å². The van der Waals surface area contributed by atoms with E-state index in [2.05, 4.69) is 5.10 Å². The third-order valence-electron chi connectivity index (χ3n) is 4.87. The molecular formula is C23H26N2O3. The van der Waals surface area contributed by atoms with E-state index in [0.717, 1.165) is 11.1 Å². The normalized spacial score (nSPS) is 22.6. The second kappa shape index (κ2) is 7.58. The van der Waals surface area contributed by atoms with Gasteiger partial charge in [-0.25, -0.2) is 9.80 Å². The fraction of sp³-hybridized carbons (Fsp3) is 0.348. The molecule has 1 aliphatic heterocycles. The number of ether oxygens (including phenoxy) is 1. The number of carbonyl (C=O) groups is 2. The SMILES string of the molecule is CC(C)(C)OC(=O)[C@]1(C)[C@H](c2ccccc2)CC(=O)N1/N=C/c1ccccc1. The summed E-state index contributed by atoms with van der Waals surface area (Å²) in [4.78, 5) is 26.1. The first-order valence-electron chi connectivity index (χ1n) is 9.42.